The molecule has 5 rings (SSSR count). The Morgan fingerprint density at radius 2 is 1.24 bits per heavy atom. The number of aryl methyl sites for hydroxylation is 1. The summed E-state index contributed by atoms with van der Waals surface area (Å²) >= 11 is 1.60. The average Bonchev–Trinajstić information content (AvgIpc) is 3.29. The Morgan fingerprint density at radius 3 is 1.85 bits per heavy atom. The lowest BCUT2D eigenvalue weighted by Gasteiger charge is -2.10. The Labute approximate surface area is 204 Å². The van der Waals surface area contributed by atoms with E-state index >= 15 is 0 Å². The number of thioether (sulfide) groups is 1. The zero-order chi connectivity index (χ0) is 23.5. The van der Waals surface area contributed by atoms with E-state index in [0.717, 1.165) is 38.5 Å². The Morgan fingerprint density at radius 1 is 0.676 bits per heavy atom. The van der Waals surface area contributed by atoms with Gasteiger partial charge in [0.1, 0.15) is 0 Å². The first kappa shape index (κ1) is 22.0. The molecule has 0 spiro atoms. The van der Waals surface area contributed by atoms with Gasteiger partial charge in [0.2, 0.25) is 0 Å². The fraction of sp³-hybridized carbons (Fsp3) is 0.0645. The molecule has 0 fully saturated rings. The number of aromatic nitrogens is 1. The molecule has 1 aromatic heterocycles. The predicted molar refractivity (Wildman–Crippen MR) is 143 cm³/mol. The number of ketones is 1. The van der Waals surface area contributed by atoms with E-state index in [0.29, 0.717) is 5.56 Å². The minimum atomic E-state index is 0.0363. The largest absolute Gasteiger partial charge is 0.310 e. The lowest BCUT2D eigenvalue weighted by molar-refractivity contribution is 0.103. The second-order valence-corrected chi connectivity index (χ2v) is 9.07. The van der Waals surface area contributed by atoms with Crippen molar-refractivity contribution in [2.24, 2.45) is 0 Å². The van der Waals surface area contributed by atoms with Gasteiger partial charge in [-0.05, 0) is 42.0 Å². The summed E-state index contributed by atoms with van der Waals surface area (Å²) in [5.41, 5.74) is 7.90. The second-order valence-electron chi connectivity index (χ2n) is 8.27. The summed E-state index contributed by atoms with van der Waals surface area (Å²) in [5, 5.41) is 0.943. The summed E-state index contributed by atoms with van der Waals surface area (Å²) in [6.07, 6.45) is 4.13. The molecule has 1 heterocycles. The van der Waals surface area contributed by atoms with Crippen LogP contribution in [0.15, 0.2) is 120 Å². The van der Waals surface area contributed by atoms with Gasteiger partial charge in [0.05, 0.1) is 10.6 Å². The first-order chi connectivity index (χ1) is 16.7. The maximum Gasteiger partial charge on any atom is 0.196 e. The first-order valence-electron chi connectivity index (χ1n) is 11.3. The number of hydrogen-bond donors (Lipinski definition) is 0. The van der Waals surface area contributed by atoms with Crippen LogP contribution in [0.25, 0.3) is 27.9 Å². The molecule has 0 aliphatic rings. The number of para-hydroxylation sites is 1. The molecule has 0 atom stereocenters. The van der Waals surface area contributed by atoms with Gasteiger partial charge in [-0.25, -0.2) is 0 Å². The van der Waals surface area contributed by atoms with Gasteiger partial charge in [0, 0.05) is 23.0 Å². The summed E-state index contributed by atoms with van der Waals surface area (Å²) in [7, 11) is 0. The van der Waals surface area contributed by atoms with Crippen molar-refractivity contribution in [1.29, 1.82) is 0 Å². The molecule has 34 heavy (non-hydrogen) atoms. The average molecular weight is 460 g/mol. The molecular formula is C31H25NOS. The van der Waals surface area contributed by atoms with Gasteiger partial charge in [-0.1, -0.05) is 103 Å². The fourth-order valence-electron chi connectivity index (χ4n) is 4.23. The van der Waals surface area contributed by atoms with E-state index < -0.39 is 0 Å². The topological polar surface area (TPSA) is 22.0 Å². The molecule has 0 radical (unpaired) electrons. The van der Waals surface area contributed by atoms with E-state index in [-0.39, 0.29) is 5.78 Å². The Hall–Kier alpha value is -3.82. The summed E-state index contributed by atoms with van der Waals surface area (Å²) in [6.45, 7) is 2.08. The monoisotopic (exact) mass is 459 g/mol. The number of nitrogens with zero attached hydrogens (tertiary/aromatic N) is 1. The van der Waals surface area contributed by atoms with Gasteiger partial charge in [0.15, 0.2) is 5.78 Å². The summed E-state index contributed by atoms with van der Waals surface area (Å²) in [5.74, 6) is 0.0363. The van der Waals surface area contributed by atoms with E-state index in [4.69, 9.17) is 0 Å². The van der Waals surface area contributed by atoms with Crippen LogP contribution in [0.3, 0.4) is 0 Å². The number of benzene rings is 4. The molecule has 5 aromatic rings. The van der Waals surface area contributed by atoms with E-state index in [9.17, 15) is 4.79 Å². The van der Waals surface area contributed by atoms with Crippen LogP contribution in [0.2, 0.25) is 0 Å². The van der Waals surface area contributed by atoms with Gasteiger partial charge < -0.3 is 4.57 Å². The zero-order valence-electron chi connectivity index (χ0n) is 19.2. The van der Waals surface area contributed by atoms with Crippen molar-refractivity contribution in [2.45, 2.75) is 11.9 Å². The Bertz CT molecular complexity index is 1420. The highest BCUT2D eigenvalue weighted by molar-refractivity contribution is 7.98. The first-order valence-corrected chi connectivity index (χ1v) is 12.5. The van der Waals surface area contributed by atoms with Gasteiger partial charge in [-0.3, -0.25) is 4.79 Å². The van der Waals surface area contributed by atoms with Crippen LogP contribution in [-0.4, -0.2) is 16.6 Å². The molecule has 166 valence electrons. The quantitative estimate of drug-likeness (QED) is 0.189. The molecule has 0 saturated carbocycles. The van der Waals surface area contributed by atoms with Crippen molar-refractivity contribution < 1.29 is 4.79 Å². The lowest BCUT2D eigenvalue weighted by Crippen LogP contribution is -2.05. The van der Waals surface area contributed by atoms with Gasteiger partial charge in [-0.15, -0.1) is 11.8 Å². The predicted octanol–water partition coefficient (Wildman–Crippen LogP) is 8.07. The highest BCUT2D eigenvalue weighted by Gasteiger charge is 2.24. The minimum absolute atomic E-state index is 0.0363. The van der Waals surface area contributed by atoms with Crippen molar-refractivity contribution in [3.05, 3.63) is 132 Å². The minimum Gasteiger partial charge on any atom is -0.310 e. The number of hydrogen-bond acceptors (Lipinski definition) is 2. The third kappa shape index (κ3) is 4.23. The van der Waals surface area contributed by atoms with E-state index in [1.54, 1.807) is 11.8 Å². The zero-order valence-corrected chi connectivity index (χ0v) is 20.0. The maximum atomic E-state index is 14.0. The van der Waals surface area contributed by atoms with Crippen molar-refractivity contribution in [3.63, 3.8) is 0 Å². The van der Waals surface area contributed by atoms with Crippen molar-refractivity contribution in [1.82, 2.24) is 4.57 Å². The molecule has 0 unspecified atom stereocenters. The number of carbonyl (C=O) groups excluding carboxylic acids is 1. The molecule has 0 aliphatic carbocycles. The van der Waals surface area contributed by atoms with Crippen molar-refractivity contribution in [3.8, 4) is 27.9 Å². The van der Waals surface area contributed by atoms with Crippen LogP contribution in [0, 0.1) is 6.92 Å². The van der Waals surface area contributed by atoms with Gasteiger partial charge in [-0.2, -0.15) is 0 Å². The Balaban J connectivity index is 1.64. The fourth-order valence-corrected chi connectivity index (χ4v) is 4.99. The molecule has 0 aliphatic heterocycles. The smallest absolute Gasteiger partial charge is 0.196 e. The molecule has 0 amide bonds. The third-order valence-corrected chi connectivity index (χ3v) is 6.82. The molecule has 4 aromatic carbocycles. The number of rotatable bonds is 6. The van der Waals surface area contributed by atoms with Gasteiger partial charge in [0.25, 0.3) is 0 Å². The maximum absolute atomic E-state index is 14.0. The standard InChI is InChI=1S/C31H25NOS/c1-22-13-15-25(16-14-22)28-21-32(27-11-7-4-8-12-27)31(34-2)29(28)30(33)26-19-17-24(18-20-26)23-9-5-3-6-10-23/h3-21H,1-2H3. The molecule has 0 N–H and O–H groups in total. The van der Waals surface area contributed by atoms with Crippen LogP contribution in [0.5, 0.6) is 0 Å². The van der Waals surface area contributed by atoms with Gasteiger partial charge >= 0.3 is 0 Å². The Kier molecular flexibility index (Phi) is 6.20. The van der Waals surface area contributed by atoms with Crippen LogP contribution in [0.4, 0.5) is 0 Å². The molecular weight excluding hydrogens is 434 g/mol. The summed E-state index contributed by atoms with van der Waals surface area (Å²) in [6, 6.07) is 36.7. The second kappa shape index (κ2) is 9.58. The van der Waals surface area contributed by atoms with Crippen LogP contribution in [0.1, 0.15) is 21.5 Å². The lowest BCUT2D eigenvalue weighted by atomic mass is 9.96. The van der Waals surface area contributed by atoms with Crippen molar-refractivity contribution >= 4 is 17.5 Å². The highest BCUT2D eigenvalue weighted by Crippen LogP contribution is 2.37. The molecule has 3 heteroatoms. The van der Waals surface area contributed by atoms with Crippen LogP contribution >= 0.6 is 11.8 Å². The molecule has 0 bridgehead atoms. The van der Waals surface area contributed by atoms with Crippen LogP contribution in [-0.2, 0) is 0 Å². The third-order valence-electron chi connectivity index (χ3n) is 6.03. The normalized spacial score (nSPS) is 10.9. The van der Waals surface area contributed by atoms with E-state index in [1.165, 1.54) is 5.56 Å². The van der Waals surface area contributed by atoms with Crippen molar-refractivity contribution in [2.75, 3.05) is 6.26 Å². The SMILES string of the molecule is CSc1c(C(=O)c2ccc(-c3ccccc3)cc2)c(-c2ccc(C)cc2)cn1-c1ccccc1. The summed E-state index contributed by atoms with van der Waals surface area (Å²) < 4.78 is 2.13. The number of carbonyl (C=O) groups is 1. The van der Waals surface area contributed by atoms with E-state index in [1.807, 2.05) is 66.9 Å². The highest BCUT2D eigenvalue weighted by atomic mass is 32.2. The van der Waals surface area contributed by atoms with E-state index in [2.05, 4.69) is 66.2 Å². The molecule has 0 saturated heterocycles. The van der Waals surface area contributed by atoms with Crippen LogP contribution < -0.4 is 0 Å². The summed E-state index contributed by atoms with van der Waals surface area (Å²) in [4.78, 5) is 14.0. The molecule has 2 nitrogen and oxygen atoms in total.